The van der Waals surface area contributed by atoms with Crippen molar-refractivity contribution in [3.63, 3.8) is 0 Å². The number of carbonyl (C=O) groups excluding carboxylic acids is 1. The van der Waals surface area contributed by atoms with Gasteiger partial charge in [-0.15, -0.1) is 0 Å². The summed E-state index contributed by atoms with van der Waals surface area (Å²) in [5.41, 5.74) is 3.04. The van der Waals surface area contributed by atoms with Gasteiger partial charge in [0.1, 0.15) is 5.69 Å². The van der Waals surface area contributed by atoms with Gasteiger partial charge in [0.25, 0.3) is 5.91 Å². The Labute approximate surface area is 123 Å². The fourth-order valence-electron chi connectivity index (χ4n) is 1.84. The van der Waals surface area contributed by atoms with Crippen molar-refractivity contribution < 1.29 is 9.90 Å². The lowest BCUT2D eigenvalue weighted by Crippen LogP contribution is -2.16. The summed E-state index contributed by atoms with van der Waals surface area (Å²) in [5.74, 6) is 5.66. The second kappa shape index (κ2) is 6.73. The Morgan fingerprint density at radius 2 is 2.24 bits per heavy atom. The number of anilines is 1. The van der Waals surface area contributed by atoms with Crippen LogP contribution in [-0.4, -0.2) is 27.4 Å². The molecule has 2 rings (SSSR count). The second-order valence-electron chi connectivity index (χ2n) is 4.60. The molecule has 1 amide bonds. The third-order valence-electron chi connectivity index (χ3n) is 3.01. The van der Waals surface area contributed by atoms with E-state index in [0.717, 1.165) is 11.1 Å². The standard InChI is InChI=1S/C16H17N3O2/c1-12-6-7-14(11-13(12)5-3-4-10-20)18-16(21)15-8-9-17-19(15)2/h6-9,11,20H,4,10H2,1-2H3,(H,18,21). The minimum atomic E-state index is -0.215. The van der Waals surface area contributed by atoms with Crippen LogP contribution in [0.25, 0.3) is 0 Å². The lowest BCUT2D eigenvalue weighted by atomic mass is 10.1. The fraction of sp³-hybridized carbons (Fsp3) is 0.250. The average Bonchev–Trinajstić information content (AvgIpc) is 2.89. The van der Waals surface area contributed by atoms with Crippen molar-refractivity contribution in [1.82, 2.24) is 9.78 Å². The molecule has 1 aromatic heterocycles. The van der Waals surface area contributed by atoms with Gasteiger partial charge in [-0.3, -0.25) is 9.48 Å². The van der Waals surface area contributed by atoms with E-state index in [1.54, 1.807) is 19.3 Å². The van der Waals surface area contributed by atoms with Crippen LogP contribution in [0.15, 0.2) is 30.5 Å². The van der Waals surface area contributed by atoms with Crippen molar-refractivity contribution in [2.24, 2.45) is 7.05 Å². The van der Waals surface area contributed by atoms with Gasteiger partial charge in [0, 0.05) is 30.9 Å². The summed E-state index contributed by atoms with van der Waals surface area (Å²) in [7, 11) is 1.72. The molecule has 108 valence electrons. The Kier molecular flexibility index (Phi) is 4.75. The number of aryl methyl sites for hydroxylation is 2. The van der Waals surface area contributed by atoms with Crippen molar-refractivity contribution >= 4 is 11.6 Å². The predicted molar refractivity (Wildman–Crippen MR) is 80.9 cm³/mol. The van der Waals surface area contributed by atoms with Gasteiger partial charge < -0.3 is 10.4 Å². The van der Waals surface area contributed by atoms with Crippen molar-refractivity contribution in [3.8, 4) is 11.8 Å². The van der Waals surface area contributed by atoms with Crippen molar-refractivity contribution in [1.29, 1.82) is 0 Å². The maximum absolute atomic E-state index is 12.1. The summed E-state index contributed by atoms with van der Waals surface area (Å²) < 4.78 is 1.52. The van der Waals surface area contributed by atoms with Gasteiger partial charge in [0.2, 0.25) is 0 Å². The molecule has 2 aromatic rings. The number of amides is 1. The lowest BCUT2D eigenvalue weighted by molar-refractivity contribution is 0.101. The molecule has 2 N–H and O–H groups in total. The number of hydrogen-bond donors (Lipinski definition) is 2. The minimum absolute atomic E-state index is 0.0446. The third kappa shape index (κ3) is 3.71. The zero-order valence-electron chi connectivity index (χ0n) is 12.1. The predicted octanol–water partition coefficient (Wildman–Crippen LogP) is 1.71. The monoisotopic (exact) mass is 283 g/mol. The SMILES string of the molecule is Cc1ccc(NC(=O)c2ccnn2C)cc1C#CCCO. The first-order valence-corrected chi connectivity index (χ1v) is 6.61. The quantitative estimate of drug-likeness (QED) is 0.843. The number of benzene rings is 1. The van der Waals surface area contributed by atoms with Crippen LogP contribution in [0.2, 0.25) is 0 Å². The number of aliphatic hydroxyl groups excluding tert-OH is 1. The Morgan fingerprint density at radius 3 is 2.90 bits per heavy atom. The molecular weight excluding hydrogens is 266 g/mol. The largest absolute Gasteiger partial charge is 0.395 e. The smallest absolute Gasteiger partial charge is 0.273 e. The molecule has 0 aliphatic carbocycles. The number of nitrogens with one attached hydrogen (secondary N) is 1. The van der Waals surface area contributed by atoms with E-state index in [2.05, 4.69) is 22.3 Å². The first-order chi connectivity index (χ1) is 10.1. The van der Waals surface area contributed by atoms with Crippen LogP contribution >= 0.6 is 0 Å². The molecule has 5 heteroatoms. The van der Waals surface area contributed by atoms with E-state index >= 15 is 0 Å². The molecule has 0 aliphatic heterocycles. The Bertz CT molecular complexity index is 708. The molecule has 5 nitrogen and oxygen atoms in total. The van der Waals surface area contributed by atoms with Crippen molar-refractivity contribution in [2.75, 3.05) is 11.9 Å². The lowest BCUT2D eigenvalue weighted by Gasteiger charge is -2.07. The normalized spacial score (nSPS) is 9.86. The van der Waals surface area contributed by atoms with E-state index < -0.39 is 0 Å². The Balaban J connectivity index is 2.18. The molecule has 0 radical (unpaired) electrons. The number of carbonyl (C=O) groups is 1. The Morgan fingerprint density at radius 1 is 1.43 bits per heavy atom. The van der Waals surface area contributed by atoms with Crippen LogP contribution in [0, 0.1) is 18.8 Å². The molecule has 0 atom stereocenters. The van der Waals surface area contributed by atoms with Gasteiger partial charge in [-0.1, -0.05) is 17.9 Å². The van der Waals surface area contributed by atoms with Crippen LogP contribution < -0.4 is 5.32 Å². The summed E-state index contributed by atoms with van der Waals surface area (Å²) in [6.07, 6.45) is 2.01. The molecule has 0 saturated heterocycles. The molecule has 0 fully saturated rings. The summed E-state index contributed by atoms with van der Waals surface area (Å²) in [4.78, 5) is 12.1. The van der Waals surface area contributed by atoms with E-state index in [-0.39, 0.29) is 12.5 Å². The minimum Gasteiger partial charge on any atom is -0.395 e. The van der Waals surface area contributed by atoms with Crippen LogP contribution in [0.4, 0.5) is 5.69 Å². The average molecular weight is 283 g/mol. The zero-order valence-corrected chi connectivity index (χ0v) is 12.1. The molecule has 1 aromatic carbocycles. The number of aliphatic hydroxyl groups is 1. The highest BCUT2D eigenvalue weighted by Gasteiger charge is 2.10. The van der Waals surface area contributed by atoms with Crippen LogP contribution in [-0.2, 0) is 7.05 Å². The summed E-state index contributed by atoms with van der Waals surface area (Å²) in [6.45, 7) is 2.00. The van der Waals surface area contributed by atoms with E-state index in [1.807, 2.05) is 25.1 Å². The molecule has 1 heterocycles. The summed E-state index contributed by atoms with van der Waals surface area (Å²) >= 11 is 0. The first-order valence-electron chi connectivity index (χ1n) is 6.61. The van der Waals surface area contributed by atoms with Crippen molar-refractivity contribution in [3.05, 3.63) is 47.3 Å². The summed E-state index contributed by atoms with van der Waals surface area (Å²) in [6, 6.07) is 7.22. The summed E-state index contributed by atoms with van der Waals surface area (Å²) in [5, 5.41) is 15.5. The van der Waals surface area contributed by atoms with Gasteiger partial charge >= 0.3 is 0 Å². The molecule has 21 heavy (non-hydrogen) atoms. The molecule has 0 aliphatic rings. The van der Waals surface area contributed by atoms with Gasteiger partial charge in [0.05, 0.1) is 6.61 Å². The number of nitrogens with zero attached hydrogens (tertiary/aromatic N) is 2. The highest BCUT2D eigenvalue weighted by Crippen LogP contribution is 2.15. The van der Waals surface area contributed by atoms with Crippen LogP contribution in [0.1, 0.15) is 28.0 Å². The van der Waals surface area contributed by atoms with Crippen molar-refractivity contribution in [2.45, 2.75) is 13.3 Å². The van der Waals surface area contributed by atoms with Gasteiger partial charge in [-0.25, -0.2) is 0 Å². The number of rotatable bonds is 3. The zero-order chi connectivity index (χ0) is 15.2. The highest BCUT2D eigenvalue weighted by atomic mass is 16.2. The Hall–Kier alpha value is -2.58. The molecular formula is C16H17N3O2. The van der Waals surface area contributed by atoms with Crippen LogP contribution in [0.3, 0.4) is 0 Å². The van der Waals surface area contributed by atoms with E-state index in [1.165, 1.54) is 4.68 Å². The molecule has 0 saturated carbocycles. The topological polar surface area (TPSA) is 67.2 Å². The fourth-order valence-corrected chi connectivity index (χ4v) is 1.84. The van der Waals surface area contributed by atoms with Gasteiger partial charge in [0.15, 0.2) is 0 Å². The van der Waals surface area contributed by atoms with E-state index in [9.17, 15) is 4.79 Å². The van der Waals surface area contributed by atoms with Gasteiger partial charge in [-0.2, -0.15) is 5.10 Å². The number of aromatic nitrogens is 2. The molecule has 0 bridgehead atoms. The second-order valence-corrected chi connectivity index (χ2v) is 4.60. The van der Waals surface area contributed by atoms with E-state index in [0.29, 0.717) is 17.8 Å². The molecule has 0 spiro atoms. The maximum Gasteiger partial charge on any atom is 0.273 e. The maximum atomic E-state index is 12.1. The van der Waals surface area contributed by atoms with E-state index in [4.69, 9.17) is 5.11 Å². The first kappa shape index (κ1) is 14.8. The van der Waals surface area contributed by atoms with Crippen LogP contribution in [0.5, 0.6) is 0 Å². The molecule has 0 unspecified atom stereocenters. The van der Waals surface area contributed by atoms with Gasteiger partial charge in [-0.05, 0) is 30.7 Å². The number of hydrogen-bond acceptors (Lipinski definition) is 3. The third-order valence-corrected chi connectivity index (χ3v) is 3.01. The highest BCUT2D eigenvalue weighted by molar-refractivity contribution is 6.03.